The molecule has 0 saturated heterocycles. The lowest BCUT2D eigenvalue weighted by Crippen LogP contribution is -2.39. The number of rotatable bonds is 7. The van der Waals surface area contributed by atoms with Gasteiger partial charge in [0.05, 0.1) is 5.92 Å². The number of nitrogens with zero attached hydrogens (tertiary/aromatic N) is 2. The molecule has 1 aliphatic carbocycles. The summed E-state index contributed by atoms with van der Waals surface area (Å²) in [4.78, 5) is 20.2. The van der Waals surface area contributed by atoms with Crippen LogP contribution in [0, 0.1) is 5.92 Å². The number of allylic oxidation sites excluding steroid dienone is 1. The fraction of sp³-hybridized carbons (Fsp3) is 0.438. The van der Waals surface area contributed by atoms with Gasteiger partial charge in [-0.1, -0.05) is 11.2 Å². The Bertz CT molecular complexity index is 604. The average Bonchev–Trinajstić information content (AvgIpc) is 2.50. The van der Waals surface area contributed by atoms with Gasteiger partial charge in [-0.3, -0.25) is 4.79 Å². The highest BCUT2D eigenvalue weighted by Gasteiger charge is 2.34. The van der Waals surface area contributed by atoms with Crippen LogP contribution in [0.15, 0.2) is 35.1 Å². The highest BCUT2D eigenvalue weighted by Crippen LogP contribution is 2.29. The third-order valence-corrected chi connectivity index (χ3v) is 3.85. The molecule has 0 unspecified atom stereocenters. The van der Waals surface area contributed by atoms with E-state index in [2.05, 4.69) is 15.5 Å². The number of nitrogens with one attached hydrogen (secondary N) is 1. The molecule has 1 fully saturated rings. The fourth-order valence-electron chi connectivity index (χ4n) is 2.12. The topological polar surface area (TPSA) is 110 Å². The van der Waals surface area contributed by atoms with Crippen LogP contribution in [-0.2, 0) is 9.63 Å². The van der Waals surface area contributed by atoms with Crippen LogP contribution in [0.2, 0.25) is 0 Å². The van der Waals surface area contributed by atoms with Crippen molar-refractivity contribution >= 4 is 17.6 Å². The van der Waals surface area contributed by atoms with E-state index in [1.165, 1.54) is 0 Å². The highest BCUT2D eigenvalue weighted by molar-refractivity contribution is 5.96. The number of carboxylic acids is 1. The molecule has 7 heteroatoms. The molecular weight excluding hydrogens is 296 g/mol. The molecule has 0 aromatic carbocycles. The molecule has 1 aromatic rings. The summed E-state index contributed by atoms with van der Waals surface area (Å²) in [6.07, 6.45) is 4.81. The van der Waals surface area contributed by atoms with Gasteiger partial charge in [-0.15, -0.1) is 0 Å². The van der Waals surface area contributed by atoms with Crippen LogP contribution in [0.4, 0.5) is 5.82 Å². The number of carboxylic acid groups (broad SMARTS) is 1. The zero-order chi connectivity index (χ0) is 16.8. The first-order valence-electron chi connectivity index (χ1n) is 7.52. The minimum atomic E-state index is -0.733. The van der Waals surface area contributed by atoms with Crippen molar-refractivity contribution < 1.29 is 14.7 Å². The van der Waals surface area contributed by atoms with Crippen molar-refractivity contribution in [3.8, 4) is 0 Å². The Morgan fingerprint density at radius 2 is 2.30 bits per heavy atom. The van der Waals surface area contributed by atoms with Crippen molar-refractivity contribution in [3.05, 3.63) is 35.5 Å². The molecule has 1 aliphatic rings. The number of nitrogens with two attached hydrogens (primary N) is 1. The van der Waals surface area contributed by atoms with Crippen LogP contribution in [0.5, 0.6) is 0 Å². The minimum Gasteiger partial charge on any atom is -0.481 e. The molecule has 2 rings (SSSR count). The molecule has 7 nitrogen and oxygen atoms in total. The van der Waals surface area contributed by atoms with Gasteiger partial charge in [0.25, 0.3) is 0 Å². The second-order valence-electron chi connectivity index (χ2n) is 5.66. The largest absolute Gasteiger partial charge is 0.481 e. The fourth-order valence-corrected chi connectivity index (χ4v) is 2.12. The van der Waals surface area contributed by atoms with Crippen molar-refractivity contribution in [2.24, 2.45) is 16.8 Å². The Kier molecular flexibility index (Phi) is 5.56. The highest BCUT2D eigenvalue weighted by atomic mass is 16.6. The molecular formula is C16H22N4O3. The molecule has 0 spiro atoms. The standard InChI is InChI=1S/C16H22N4O3/c1-3-10(2)9-23-20-15(17)11-4-5-14(18-8-11)19-13-6-12(7-13)16(21)22/h3-5,8,12-13H,6-7,9H2,1-2H3,(H2,17,20)(H,18,19)(H,21,22)/b10-3+. The summed E-state index contributed by atoms with van der Waals surface area (Å²) >= 11 is 0. The van der Waals surface area contributed by atoms with Gasteiger partial charge in [0, 0.05) is 17.8 Å². The van der Waals surface area contributed by atoms with Crippen molar-refractivity contribution in [3.63, 3.8) is 0 Å². The van der Waals surface area contributed by atoms with E-state index in [0.29, 0.717) is 30.8 Å². The van der Waals surface area contributed by atoms with Crippen molar-refractivity contribution in [2.45, 2.75) is 32.7 Å². The monoisotopic (exact) mass is 318 g/mol. The van der Waals surface area contributed by atoms with E-state index >= 15 is 0 Å². The van der Waals surface area contributed by atoms with E-state index in [0.717, 1.165) is 5.57 Å². The number of oxime groups is 1. The van der Waals surface area contributed by atoms with Crippen LogP contribution in [0.25, 0.3) is 0 Å². The molecule has 124 valence electrons. The quantitative estimate of drug-likeness (QED) is 0.307. The van der Waals surface area contributed by atoms with E-state index < -0.39 is 5.97 Å². The van der Waals surface area contributed by atoms with Gasteiger partial charge in [0.2, 0.25) is 0 Å². The molecule has 0 atom stereocenters. The van der Waals surface area contributed by atoms with E-state index in [-0.39, 0.29) is 17.8 Å². The summed E-state index contributed by atoms with van der Waals surface area (Å²) in [6, 6.07) is 3.75. The Morgan fingerprint density at radius 1 is 1.57 bits per heavy atom. The number of anilines is 1. The number of pyridine rings is 1. The number of aromatic nitrogens is 1. The first kappa shape index (κ1) is 16.8. The first-order valence-corrected chi connectivity index (χ1v) is 7.52. The van der Waals surface area contributed by atoms with Gasteiger partial charge < -0.3 is 21.0 Å². The molecule has 23 heavy (non-hydrogen) atoms. The molecule has 1 aromatic heterocycles. The molecule has 4 N–H and O–H groups in total. The van der Waals surface area contributed by atoms with E-state index in [4.69, 9.17) is 15.7 Å². The average molecular weight is 318 g/mol. The zero-order valence-electron chi connectivity index (χ0n) is 13.3. The van der Waals surface area contributed by atoms with Gasteiger partial charge in [0.1, 0.15) is 12.4 Å². The lowest BCUT2D eigenvalue weighted by atomic mass is 9.80. The SMILES string of the molecule is C/C=C(\C)CO/N=C(\N)c1ccc(NC2CC(C(=O)O)C2)nc1. The van der Waals surface area contributed by atoms with Gasteiger partial charge in [0.15, 0.2) is 5.84 Å². The Labute approximate surface area is 135 Å². The van der Waals surface area contributed by atoms with E-state index in [1.54, 1.807) is 18.3 Å². The number of carbonyl (C=O) groups is 1. The van der Waals surface area contributed by atoms with Crippen molar-refractivity contribution in [1.82, 2.24) is 4.98 Å². The van der Waals surface area contributed by atoms with Crippen molar-refractivity contribution in [2.75, 3.05) is 11.9 Å². The predicted molar refractivity (Wildman–Crippen MR) is 88.1 cm³/mol. The summed E-state index contributed by atoms with van der Waals surface area (Å²) in [5.74, 6) is -0.0144. The summed E-state index contributed by atoms with van der Waals surface area (Å²) in [5.41, 5.74) is 7.58. The zero-order valence-corrected chi connectivity index (χ0v) is 13.3. The van der Waals surface area contributed by atoms with Crippen LogP contribution < -0.4 is 11.1 Å². The normalized spacial score (nSPS) is 21.5. The van der Waals surface area contributed by atoms with Crippen LogP contribution in [-0.4, -0.2) is 34.5 Å². The smallest absolute Gasteiger partial charge is 0.306 e. The van der Waals surface area contributed by atoms with Crippen LogP contribution in [0.3, 0.4) is 0 Å². The summed E-state index contributed by atoms with van der Waals surface area (Å²) in [6.45, 7) is 4.28. The number of hydrogen-bond donors (Lipinski definition) is 3. The summed E-state index contributed by atoms with van der Waals surface area (Å²) in [7, 11) is 0. The maximum atomic E-state index is 10.8. The Morgan fingerprint density at radius 3 is 2.87 bits per heavy atom. The Hall–Kier alpha value is -2.57. The molecule has 1 heterocycles. The number of aliphatic carboxylic acids is 1. The summed E-state index contributed by atoms with van der Waals surface area (Å²) < 4.78 is 0. The molecule has 0 aliphatic heterocycles. The molecule has 1 saturated carbocycles. The lowest BCUT2D eigenvalue weighted by molar-refractivity contribution is -0.144. The van der Waals surface area contributed by atoms with E-state index in [1.807, 2.05) is 19.9 Å². The Balaban J connectivity index is 1.84. The van der Waals surface area contributed by atoms with Gasteiger partial charge in [-0.25, -0.2) is 4.98 Å². The second kappa shape index (κ2) is 7.62. The van der Waals surface area contributed by atoms with Crippen molar-refractivity contribution in [1.29, 1.82) is 0 Å². The summed E-state index contributed by atoms with van der Waals surface area (Å²) in [5, 5.41) is 15.9. The maximum absolute atomic E-state index is 10.8. The third-order valence-electron chi connectivity index (χ3n) is 3.85. The maximum Gasteiger partial charge on any atom is 0.306 e. The lowest BCUT2D eigenvalue weighted by Gasteiger charge is -2.33. The van der Waals surface area contributed by atoms with Gasteiger partial charge in [-0.2, -0.15) is 0 Å². The first-order chi connectivity index (χ1) is 11.0. The van der Waals surface area contributed by atoms with Crippen LogP contribution in [0.1, 0.15) is 32.3 Å². The predicted octanol–water partition coefficient (Wildman–Crippen LogP) is 1.96. The van der Waals surface area contributed by atoms with Gasteiger partial charge in [-0.05, 0) is 44.4 Å². The van der Waals surface area contributed by atoms with Gasteiger partial charge >= 0.3 is 5.97 Å². The second-order valence-corrected chi connectivity index (χ2v) is 5.66. The van der Waals surface area contributed by atoms with E-state index in [9.17, 15) is 4.79 Å². The molecule has 0 amide bonds. The third kappa shape index (κ3) is 4.70. The molecule has 0 radical (unpaired) electrons. The number of amidine groups is 1. The van der Waals surface area contributed by atoms with Crippen LogP contribution >= 0.6 is 0 Å². The molecule has 0 bridgehead atoms. The number of hydrogen-bond acceptors (Lipinski definition) is 5. The minimum absolute atomic E-state index is 0.160.